The van der Waals surface area contributed by atoms with Crippen molar-refractivity contribution in [2.24, 2.45) is 0 Å². The molecule has 0 radical (unpaired) electrons. The molecule has 0 atom stereocenters. The van der Waals surface area contributed by atoms with Crippen LogP contribution in [0, 0.1) is 11.3 Å². The van der Waals surface area contributed by atoms with E-state index in [0.29, 0.717) is 11.3 Å². The molecule has 0 amide bonds. The van der Waals surface area contributed by atoms with Crippen LogP contribution in [-0.2, 0) is 0 Å². The van der Waals surface area contributed by atoms with E-state index in [-0.39, 0.29) is 0 Å². The Hall–Kier alpha value is -2.54. The first-order chi connectivity index (χ1) is 8.22. The first-order valence-corrected chi connectivity index (χ1v) is 5.17. The van der Waals surface area contributed by atoms with Crippen LogP contribution in [0.1, 0.15) is 5.56 Å². The number of rotatable bonds is 2. The van der Waals surface area contributed by atoms with Crippen molar-refractivity contribution in [1.29, 1.82) is 5.26 Å². The Morgan fingerprint density at radius 3 is 2.65 bits per heavy atom. The fourth-order valence-corrected chi connectivity index (χ4v) is 1.58. The van der Waals surface area contributed by atoms with E-state index in [0.717, 1.165) is 11.5 Å². The highest BCUT2D eigenvalue weighted by atomic mass is 15.2. The van der Waals surface area contributed by atoms with Crippen LogP contribution in [0.4, 0.5) is 17.2 Å². The zero-order valence-electron chi connectivity index (χ0n) is 9.46. The average Bonchev–Trinajstić information content (AvgIpc) is 2.39. The summed E-state index contributed by atoms with van der Waals surface area (Å²) in [7, 11) is 1.87. The normalized spacial score (nSPS) is 9.65. The second-order valence-electron chi connectivity index (χ2n) is 3.64. The highest BCUT2D eigenvalue weighted by molar-refractivity contribution is 5.66. The quantitative estimate of drug-likeness (QED) is 0.850. The van der Waals surface area contributed by atoms with Gasteiger partial charge >= 0.3 is 0 Å². The zero-order valence-corrected chi connectivity index (χ0v) is 9.46. The third-order valence-corrected chi connectivity index (χ3v) is 2.50. The molecule has 84 valence electrons. The van der Waals surface area contributed by atoms with Gasteiger partial charge in [-0.2, -0.15) is 5.26 Å². The van der Waals surface area contributed by atoms with Crippen LogP contribution in [-0.4, -0.2) is 12.0 Å². The Kier molecular flexibility index (Phi) is 2.93. The predicted octanol–water partition coefficient (Wildman–Crippen LogP) is 2.30. The minimum Gasteiger partial charge on any atom is -0.397 e. The van der Waals surface area contributed by atoms with Crippen LogP contribution < -0.4 is 10.6 Å². The lowest BCUT2D eigenvalue weighted by molar-refractivity contribution is 1.12. The zero-order chi connectivity index (χ0) is 12.3. The lowest BCUT2D eigenvalue weighted by Crippen LogP contribution is -2.12. The van der Waals surface area contributed by atoms with Crippen molar-refractivity contribution in [3.05, 3.63) is 48.2 Å². The third-order valence-electron chi connectivity index (χ3n) is 2.50. The third kappa shape index (κ3) is 2.18. The van der Waals surface area contributed by atoms with Crippen LogP contribution in [0.3, 0.4) is 0 Å². The fraction of sp³-hybridized carbons (Fsp3) is 0.0769. The molecule has 1 aromatic heterocycles. The van der Waals surface area contributed by atoms with Crippen molar-refractivity contribution < 1.29 is 0 Å². The number of benzene rings is 1. The summed E-state index contributed by atoms with van der Waals surface area (Å²) in [4.78, 5) is 6.08. The number of nitrogens with zero attached hydrogens (tertiary/aromatic N) is 3. The van der Waals surface area contributed by atoms with Gasteiger partial charge in [0.05, 0.1) is 23.1 Å². The van der Waals surface area contributed by atoms with Crippen LogP contribution in [0.25, 0.3) is 0 Å². The molecule has 0 saturated heterocycles. The minimum absolute atomic E-state index is 0.619. The Balaban J connectivity index is 2.40. The van der Waals surface area contributed by atoms with Crippen LogP contribution in [0.2, 0.25) is 0 Å². The molecule has 2 N–H and O–H groups in total. The van der Waals surface area contributed by atoms with Gasteiger partial charge in [-0.3, -0.25) is 0 Å². The van der Waals surface area contributed by atoms with Gasteiger partial charge in [-0.15, -0.1) is 0 Å². The second-order valence-corrected chi connectivity index (χ2v) is 3.64. The molecular formula is C13H12N4. The molecule has 2 rings (SSSR count). The van der Waals surface area contributed by atoms with Gasteiger partial charge in [0, 0.05) is 7.05 Å². The van der Waals surface area contributed by atoms with Gasteiger partial charge in [0.25, 0.3) is 0 Å². The Labute approximate surface area is 99.9 Å². The van der Waals surface area contributed by atoms with Crippen LogP contribution in [0.5, 0.6) is 0 Å². The van der Waals surface area contributed by atoms with E-state index in [1.165, 1.54) is 0 Å². The first-order valence-electron chi connectivity index (χ1n) is 5.17. The Morgan fingerprint density at radius 1 is 1.24 bits per heavy atom. The summed E-state index contributed by atoms with van der Waals surface area (Å²) < 4.78 is 0. The molecule has 4 nitrogen and oxygen atoms in total. The van der Waals surface area contributed by atoms with Gasteiger partial charge in [0.15, 0.2) is 0 Å². The van der Waals surface area contributed by atoms with Crippen molar-refractivity contribution in [2.75, 3.05) is 17.7 Å². The summed E-state index contributed by atoms with van der Waals surface area (Å²) >= 11 is 0. The molecule has 0 aliphatic carbocycles. The second kappa shape index (κ2) is 4.54. The van der Waals surface area contributed by atoms with Gasteiger partial charge in [0.1, 0.15) is 11.9 Å². The van der Waals surface area contributed by atoms with Crippen LogP contribution in [0.15, 0.2) is 42.6 Å². The topological polar surface area (TPSA) is 65.9 Å². The van der Waals surface area contributed by atoms with Gasteiger partial charge in [-0.25, -0.2) is 4.98 Å². The van der Waals surface area contributed by atoms with E-state index < -0.39 is 0 Å². The maximum Gasteiger partial charge on any atom is 0.132 e. The Bertz CT molecular complexity index is 554. The van der Waals surface area contributed by atoms with E-state index >= 15 is 0 Å². The van der Waals surface area contributed by atoms with Crippen molar-refractivity contribution >= 4 is 17.2 Å². The lowest BCUT2D eigenvalue weighted by Gasteiger charge is -2.19. The smallest absolute Gasteiger partial charge is 0.132 e. The van der Waals surface area contributed by atoms with E-state index in [2.05, 4.69) is 11.1 Å². The molecule has 0 fully saturated rings. The standard InChI is InChI=1S/C13H12N4/c1-17(13-7-6-11(15)9-16-13)12-5-3-2-4-10(12)8-14/h2-7,9H,15H2,1H3. The molecule has 2 aromatic rings. The lowest BCUT2D eigenvalue weighted by atomic mass is 10.2. The maximum absolute atomic E-state index is 9.04. The molecule has 1 aromatic carbocycles. The number of nitriles is 1. The minimum atomic E-state index is 0.619. The first kappa shape index (κ1) is 11.0. The summed E-state index contributed by atoms with van der Waals surface area (Å²) in [5.74, 6) is 0.752. The molecule has 4 heteroatoms. The van der Waals surface area contributed by atoms with E-state index in [4.69, 9.17) is 11.0 Å². The fourth-order valence-electron chi connectivity index (χ4n) is 1.58. The van der Waals surface area contributed by atoms with Crippen molar-refractivity contribution in [1.82, 2.24) is 4.98 Å². The van der Waals surface area contributed by atoms with Crippen molar-refractivity contribution in [3.8, 4) is 6.07 Å². The molecule has 0 aliphatic heterocycles. The molecular weight excluding hydrogens is 212 g/mol. The molecule has 17 heavy (non-hydrogen) atoms. The predicted molar refractivity (Wildman–Crippen MR) is 67.9 cm³/mol. The van der Waals surface area contributed by atoms with Crippen molar-refractivity contribution in [3.63, 3.8) is 0 Å². The summed E-state index contributed by atoms with van der Waals surface area (Å²) in [6.45, 7) is 0. The molecule has 0 spiro atoms. The summed E-state index contributed by atoms with van der Waals surface area (Å²) in [5, 5.41) is 9.04. The van der Waals surface area contributed by atoms with Crippen LogP contribution >= 0.6 is 0 Å². The molecule has 0 saturated carbocycles. The van der Waals surface area contributed by atoms with Gasteiger partial charge in [0.2, 0.25) is 0 Å². The molecule has 1 heterocycles. The number of nitrogens with two attached hydrogens (primary N) is 1. The highest BCUT2D eigenvalue weighted by Gasteiger charge is 2.08. The highest BCUT2D eigenvalue weighted by Crippen LogP contribution is 2.25. The summed E-state index contributed by atoms with van der Waals surface area (Å²) in [5.41, 5.74) is 7.65. The number of aromatic nitrogens is 1. The Morgan fingerprint density at radius 2 is 2.00 bits per heavy atom. The number of para-hydroxylation sites is 1. The number of nitrogen functional groups attached to an aromatic ring is 1. The SMILES string of the molecule is CN(c1ccc(N)cn1)c1ccccc1C#N. The van der Waals surface area contributed by atoms with Gasteiger partial charge < -0.3 is 10.6 Å². The maximum atomic E-state index is 9.04. The van der Waals surface area contributed by atoms with E-state index in [1.807, 2.05) is 36.2 Å². The molecule has 0 unspecified atom stereocenters. The van der Waals surface area contributed by atoms with Gasteiger partial charge in [-0.1, -0.05) is 12.1 Å². The van der Waals surface area contributed by atoms with E-state index in [1.54, 1.807) is 18.3 Å². The number of anilines is 3. The number of hydrogen-bond acceptors (Lipinski definition) is 4. The average molecular weight is 224 g/mol. The summed E-state index contributed by atoms with van der Waals surface area (Å²) in [6.07, 6.45) is 1.60. The molecule has 0 aliphatic rings. The van der Waals surface area contributed by atoms with Gasteiger partial charge in [-0.05, 0) is 24.3 Å². The summed E-state index contributed by atoms with van der Waals surface area (Å²) in [6, 6.07) is 13.2. The molecule has 0 bridgehead atoms. The number of pyridine rings is 1. The van der Waals surface area contributed by atoms with E-state index in [9.17, 15) is 0 Å². The largest absolute Gasteiger partial charge is 0.397 e. The number of hydrogen-bond donors (Lipinski definition) is 1. The van der Waals surface area contributed by atoms with Crippen molar-refractivity contribution in [2.45, 2.75) is 0 Å². The monoisotopic (exact) mass is 224 g/mol.